The minimum absolute atomic E-state index is 0.0397. The van der Waals surface area contributed by atoms with Crippen molar-refractivity contribution in [1.29, 1.82) is 0 Å². The third-order valence-corrected chi connectivity index (χ3v) is 3.09. The molecule has 0 spiro atoms. The Morgan fingerprint density at radius 3 is 2.79 bits per heavy atom. The quantitative estimate of drug-likeness (QED) is 0.748. The molecule has 2 aromatic rings. The van der Waals surface area contributed by atoms with Gasteiger partial charge in [-0.2, -0.15) is 0 Å². The van der Waals surface area contributed by atoms with E-state index >= 15 is 0 Å². The highest BCUT2D eigenvalue weighted by Gasteiger charge is 2.16. The Bertz CT molecular complexity index is 534. The number of carbonyl (C=O) groups excluding carboxylic acids is 1. The van der Waals surface area contributed by atoms with Gasteiger partial charge in [0.15, 0.2) is 0 Å². The molecule has 0 saturated heterocycles. The van der Waals surface area contributed by atoms with Gasteiger partial charge >= 0.3 is 0 Å². The molecule has 0 radical (unpaired) electrons. The summed E-state index contributed by atoms with van der Waals surface area (Å²) in [7, 11) is 0. The molecule has 2 rings (SSSR count). The number of nitrogens with zero attached hydrogens (tertiary/aromatic N) is 2. The topological polar surface area (TPSA) is 44.1 Å². The Kier molecular flexibility index (Phi) is 4.47. The van der Waals surface area contributed by atoms with Gasteiger partial charge < -0.3 is 9.30 Å². The number of rotatable bonds is 6. The number of hydrogen-bond acceptors (Lipinski definition) is 3. The summed E-state index contributed by atoms with van der Waals surface area (Å²) in [6.45, 7) is 4.56. The van der Waals surface area contributed by atoms with Gasteiger partial charge in [0.1, 0.15) is 12.3 Å². The third-order valence-electron chi connectivity index (χ3n) is 3.09. The smallest absolute Gasteiger partial charge is 0.206 e. The van der Waals surface area contributed by atoms with Crippen molar-refractivity contribution in [3.8, 4) is 0 Å². The Labute approximate surface area is 113 Å². The summed E-state index contributed by atoms with van der Waals surface area (Å²) in [5, 5.41) is 0. The highest BCUT2D eigenvalue weighted by atomic mass is 16.5. The Balaban J connectivity index is 2.22. The van der Waals surface area contributed by atoms with Crippen molar-refractivity contribution >= 4 is 5.78 Å². The molecule has 1 aromatic carbocycles. The zero-order chi connectivity index (χ0) is 13.7. The van der Waals surface area contributed by atoms with Crippen LogP contribution in [0.25, 0.3) is 0 Å². The van der Waals surface area contributed by atoms with Crippen LogP contribution >= 0.6 is 0 Å². The SMILES string of the molecule is CCOCC(=O)c1cncn1[C@H](C)c1ccccc1. The number of carbonyl (C=O) groups is 1. The summed E-state index contributed by atoms with van der Waals surface area (Å²) < 4.78 is 7.05. The maximum Gasteiger partial charge on any atom is 0.206 e. The van der Waals surface area contributed by atoms with Gasteiger partial charge in [-0.3, -0.25) is 4.79 Å². The molecule has 1 atom stereocenters. The predicted octanol–water partition coefficient (Wildman–Crippen LogP) is 2.71. The number of benzene rings is 1. The van der Waals surface area contributed by atoms with Gasteiger partial charge in [0.2, 0.25) is 5.78 Å². The van der Waals surface area contributed by atoms with Crippen LogP contribution in [0.3, 0.4) is 0 Å². The lowest BCUT2D eigenvalue weighted by Gasteiger charge is -2.16. The second-order valence-corrected chi connectivity index (χ2v) is 4.33. The van der Waals surface area contributed by atoms with Crippen LogP contribution in [-0.2, 0) is 4.74 Å². The average Bonchev–Trinajstić information content (AvgIpc) is 2.94. The van der Waals surface area contributed by atoms with Gasteiger partial charge in [-0.1, -0.05) is 30.3 Å². The normalized spacial score (nSPS) is 12.3. The number of hydrogen-bond donors (Lipinski definition) is 0. The van der Waals surface area contributed by atoms with Crippen LogP contribution in [0.5, 0.6) is 0 Å². The van der Waals surface area contributed by atoms with E-state index in [1.165, 1.54) is 0 Å². The highest BCUT2D eigenvalue weighted by Crippen LogP contribution is 2.19. The van der Waals surface area contributed by atoms with Gasteiger partial charge in [-0.05, 0) is 19.4 Å². The molecule has 0 N–H and O–H groups in total. The van der Waals surface area contributed by atoms with Crippen LogP contribution in [-0.4, -0.2) is 28.5 Å². The number of Topliss-reactive ketones (excluding diaryl/α,β-unsaturated/α-hetero) is 1. The molecule has 19 heavy (non-hydrogen) atoms. The van der Waals surface area contributed by atoms with Gasteiger partial charge in [0, 0.05) is 6.61 Å². The minimum Gasteiger partial charge on any atom is -0.374 e. The molecule has 4 heteroatoms. The number of imidazole rings is 1. The van der Waals surface area contributed by atoms with Gasteiger partial charge in [-0.25, -0.2) is 4.98 Å². The molecule has 100 valence electrons. The molecular weight excluding hydrogens is 240 g/mol. The van der Waals surface area contributed by atoms with Crippen molar-refractivity contribution in [2.45, 2.75) is 19.9 Å². The maximum atomic E-state index is 12.0. The largest absolute Gasteiger partial charge is 0.374 e. The van der Waals surface area contributed by atoms with Crippen molar-refractivity contribution < 1.29 is 9.53 Å². The van der Waals surface area contributed by atoms with E-state index in [2.05, 4.69) is 11.9 Å². The van der Waals surface area contributed by atoms with Crippen molar-refractivity contribution in [1.82, 2.24) is 9.55 Å². The summed E-state index contributed by atoms with van der Waals surface area (Å²) in [4.78, 5) is 16.1. The second kappa shape index (κ2) is 6.29. The summed E-state index contributed by atoms with van der Waals surface area (Å²) in [6.07, 6.45) is 3.29. The average molecular weight is 258 g/mol. The zero-order valence-electron chi connectivity index (χ0n) is 11.2. The van der Waals surface area contributed by atoms with Crippen molar-refractivity contribution in [3.05, 3.63) is 54.1 Å². The molecule has 0 aliphatic carbocycles. The molecule has 4 nitrogen and oxygen atoms in total. The lowest BCUT2D eigenvalue weighted by atomic mass is 10.1. The van der Waals surface area contributed by atoms with Gasteiger partial charge in [0.25, 0.3) is 0 Å². The third kappa shape index (κ3) is 3.09. The van der Waals surface area contributed by atoms with Crippen LogP contribution in [0.15, 0.2) is 42.9 Å². The van der Waals surface area contributed by atoms with E-state index < -0.39 is 0 Å². The number of ether oxygens (including phenoxy) is 1. The van der Waals surface area contributed by atoms with Crippen LogP contribution in [0, 0.1) is 0 Å². The van der Waals surface area contributed by atoms with Gasteiger partial charge in [-0.15, -0.1) is 0 Å². The first kappa shape index (κ1) is 13.5. The molecule has 0 aliphatic heterocycles. The van der Waals surface area contributed by atoms with E-state index in [0.29, 0.717) is 12.3 Å². The highest BCUT2D eigenvalue weighted by molar-refractivity contribution is 5.95. The van der Waals surface area contributed by atoms with Crippen molar-refractivity contribution in [2.75, 3.05) is 13.2 Å². The van der Waals surface area contributed by atoms with E-state index in [4.69, 9.17) is 4.74 Å². The molecule has 0 saturated carbocycles. The molecule has 0 bridgehead atoms. The van der Waals surface area contributed by atoms with E-state index in [1.54, 1.807) is 12.5 Å². The fourth-order valence-corrected chi connectivity index (χ4v) is 1.99. The number of aromatic nitrogens is 2. The summed E-state index contributed by atoms with van der Waals surface area (Å²) in [5.74, 6) is -0.0397. The van der Waals surface area contributed by atoms with E-state index in [0.717, 1.165) is 5.56 Å². The Morgan fingerprint density at radius 1 is 1.37 bits per heavy atom. The zero-order valence-corrected chi connectivity index (χ0v) is 11.2. The van der Waals surface area contributed by atoms with E-state index in [1.807, 2.05) is 41.8 Å². The van der Waals surface area contributed by atoms with E-state index in [9.17, 15) is 4.79 Å². The van der Waals surface area contributed by atoms with Crippen molar-refractivity contribution in [2.24, 2.45) is 0 Å². The van der Waals surface area contributed by atoms with Crippen LogP contribution in [0.2, 0.25) is 0 Å². The maximum absolute atomic E-state index is 12.0. The van der Waals surface area contributed by atoms with Crippen molar-refractivity contribution in [3.63, 3.8) is 0 Å². The number of ketones is 1. The van der Waals surface area contributed by atoms with Crippen LogP contribution in [0.1, 0.15) is 35.9 Å². The first-order valence-corrected chi connectivity index (χ1v) is 6.41. The van der Waals surface area contributed by atoms with Gasteiger partial charge in [0.05, 0.1) is 18.6 Å². The second-order valence-electron chi connectivity index (χ2n) is 4.33. The fraction of sp³-hybridized carbons (Fsp3) is 0.333. The first-order chi connectivity index (χ1) is 9.24. The Morgan fingerprint density at radius 2 is 2.11 bits per heavy atom. The monoisotopic (exact) mass is 258 g/mol. The molecule has 0 unspecified atom stereocenters. The summed E-state index contributed by atoms with van der Waals surface area (Å²) >= 11 is 0. The standard InChI is InChI=1S/C15H18N2O2/c1-3-19-10-15(18)14-9-16-11-17(14)12(2)13-7-5-4-6-8-13/h4-9,11-12H,3,10H2,1-2H3/t12-/m1/s1. The Hall–Kier alpha value is -1.94. The fourth-order valence-electron chi connectivity index (χ4n) is 1.99. The molecule has 1 heterocycles. The molecule has 0 fully saturated rings. The molecular formula is C15H18N2O2. The minimum atomic E-state index is -0.0397. The molecule has 0 amide bonds. The molecule has 0 aliphatic rings. The van der Waals surface area contributed by atoms with Crippen LogP contribution < -0.4 is 0 Å². The molecule has 1 aromatic heterocycles. The lowest BCUT2D eigenvalue weighted by Crippen LogP contribution is -2.17. The van der Waals surface area contributed by atoms with E-state index in [-0.39, 0.29) is 18.4 Å². The van der Waals surface area contributed by atoms with Crippen LogP contribution in [0.4, 0.5) is 0 Å². The first-order valence-electron chi connectivity index (χ1n) is 6.41. The predicted molar refractivity (Wildman–Crippen MR) is 73.3 cm³/mol. The summed E-state index contributed by atoms with van der Waals surface area (Å²) in [5.41, 5.74) is 1.73. The lowest BCUT2D eigenvalue weighted by molar-refractivity contribution is 0.0773. The summed E-state index contributed by atoms with van der Waals surface area (Å²) in [6, 6.07) is 10.1.